The predicted octanol–water partition coefficient (Wildman–Crippen LogP) is 3.71. The number of rotatable bonds is 2. The minimum Gasteiger partial charge on any atom is -0.294 e. The average Bonchev–Trinajstić information content (AvgIpc) is 2.30. The van der Waals surface area contributed by atoms with Crippen LogP contribution in [0.5, 0.6) is 0 Å². The van der Waals surface area contributed by atoms with Crippen LogP contribution in [0.3, 0.4) is 0 Å². The molecule has 0 aliphatic heterocycles. The number of benzene rings is 1. The Kier molecular flexibility index (Phi) is 3.15. The molecule has 1 aromatic carbocycles. The molecule has 3 heteroatoms. The Morgan fingerprint density at radius 1 is 1.25 bits per heavy atom. The highest BCUT2D eigenvalue weighted by Crippen LogP contribution is 2.25. The fourth-order valence-corrected chi connectivity index (χ4v) is 1.91. The van der Waals surface area contributed by atoms with E-state index in [0.717, 1.165) is 15.7 Å². The van der Waals surface area contributed by atoms with Crippen molar-refractivity contribution in [1.29, 1.82) is 0 Å². The minimum absolute atomic E-state index is 0.0435. The fourth-order valence-electron chi connectivity index (χ4n) is 1.55. The second-order valence-electron chi connectivity index (χ2n) is 3.46. The van der Waals surface area contributed by atoms with Gasteiger partial charge in [0.05, 0.1) is 5.69 Å². The van der Waals surface area contributed by atoms with Crippen molar-refractivity contribution in [2.75, 3.05) is 0 Å². The van der Waals surface area contributed by atoms with Crippen LogP contribution in [0.1, 0.15) is 17.3 Å². The van der Waals surface area contributed by atoms with Gasteiger partial charge in [-0.25, -0.2) is 0 Å². The van der Waals surface area contributed by atoms with Crippen molar-refractivity contribution in [2.45, 2.75) is 6.92 Å². The summed E-state index contributed by atoms with van der Waals surface area (Å²) in [6.45, 7) is 1.56. The van der Waals surface area contributed by atoms with Gasteiger partial charge in [0.15, 0.2) is 5.78 Å². The van der Waals surface area contributed by atoms with Crippen LogP contribution in [0.25, 0.3) is 11.3 Å². The molecule has 0 unspecified atom stereocenters. The molecule has 0 aliphatic carbocycles. The molecule has 0 radical (unpaired) electrons. The summed E-state index contributed by atoms with van der Waals surface area (Å²) < 4.78 is 0.900. The van der Waals surface area contributed by atoms with Gasteiger partial charge in [-0.05, 0) is 31.2 Å². The van der Waals surface area contributed by atoms with Crippen LogP contribution in [-0.2, 0) is 0 Å². The first-order chi connectivity index (χ1) is 7.68. The first-order valence-corrected chi connectivity index (χ1v) is 5.69. The lowest BCUT2D eigenvalue weighted by Gasteiger charge is -2.06. The third kappa shape index (κ3) is 2.19. The van der Waals surface area contributed by atoms with Crippen LogP contribution in [0, 0.1) is 0 Å². The molecule has 0 N–H and O–H groups in total. The van der Waals surface area contributed by atoms with Gasteiger partial charge in [-0.15, -0.1) is 0 Å². The minimum atomic E-state index is 0.0435. The van der Waals surface area contributed by atoms with Crippen LogP contribution in [0.2, 0.25) is 0 Å². The van der Waals surface area contributed by atoms with Crippen molar-refractivity contribution >= 4 is 21.7 Å². The number of nitrogens with zero attached hydrogens (tertiary/aromatic N) is 1. The van der Waals surface area contributed by atoms with Crippen LogP contribution in [0.15, 0.2) is 47.1 Å². The molecule has 0 saturated heterocycles. The van der Waals surface area contributed by atoms with Crippen LogP contribution in [0.4, 0.5) is 0 Å². The van der Waals surface area contributed by atoms with Crippen molar-refractivity contribution in [3.63, 3.8) is 0 Å². The molecule has 2 aromatic rings. The van der Waals surface area contributed by atoms with Crippen molar-refractivity contribution < 1.29 is 4.79 Å². The highest BCUT2D eigenvalue weighted by molar-refractivity contribution is 9.10. The monoisotopic (exact) mass is 275 g/mol. The molecule has 0 atom stereocenters. The van der Waals surface area contributed by atoms with Gasteiger partial charge in [-0.3, -0.25) is 9.78 Å². The maximum atomic E-state index is 11.5. The number of ketones is 1. The third-order valence-electron chi connectivity index (χ3n) is 2.30. The van der Waals surface area contributed by atoms with E-state index in [2.05, 4.69) is 20.9 Å². The summed E-state index contributed by atoms with van der Waals surface area (Å²) in [5.41, 5.74) is 2.38. The van der Waals surface area contributed by atoms with E-state index in [9.17, 15) is 4.79 Å². The molecule has 0 aliphatic rings. The number of Topliss-reactive ketones (excluding diaryl/α,β-unsaturated/α-hetero) is 1. The average molecular weight is 276 g/mol. The van der Waals surface area contributed by atoms with Gasteiger partial charge in [-0.1, -0.05) is 28.1 Å². The molecule has 0 fully saturated rings. The number of halogens is 1. The molecule has 16 heavy (non-hydrogen) atoms. The van der Waals surface area contributed by atoms with E-state index in [1.807, 2.05) is 36.4 Å². The van der Waals surface area contributed by atoms with Gasteiger partial charge in [-0.2, -0.15) is 0 Å². The molecule has 2 nitrogen and oxygen atoms in total. The lowest BCUT2D eigenvalue weighted by molar-refractivity contribution is 0.101. The van der Waals surface area contributed by atoms with E-state index in [4.69, 9.17) is 0 Å². The Labute approximate surface area is 102 Å². The molecular formula is C13H10BrNO. The highest BCUT2D eigenvalue weighted by Gasteiger charge is 2.10. The number of hydrogen-bond donors (Lipinski definition) is 0. The maximum Gasteiger partial charge on any atom is 0.160 e. The van der Waals surface area contributed by atoms with E-state index < -0.39 is 0 Å². The SMILES string of the molecule is CC(=O)c1cc(Br)ccc1-c1ccccn1. The summed E-state index contributed by atoms with van der Waals surface area (Å²) in [5, 5.41) is 0. The molecule has 0 spiro atoms. The fraction of sp³-hybridized carbons (Fsp3) is 0.0769. The Balaban J connectivity index is 2.61. The smallest absolute Gasteiger partial charge is 0.160 e. The zero-order chi connectivity index (χ0) is 11.5. The summed E-state index contributed by atoms with van der Waals surface area (Å²) in [6, 6.07) is 11.3. The number of carbonyl (C=O) groups excluding carboxylic acids is 1. The van der Waals surface area contributed by atoms with Crippen LogP contribution < -0.4 is 0 Å². The topological polar surface area (TPSA) is 30.0 Å². The Bertz CT molecular complexity index is 523. The first kappa shape index (κ1) is 11.0. The third-order valence-corrected chi connectivity index (χ3v) is 2.80. The zero-order valence-electron chi connectivity index (χ0n) is 8.77. The predicted molar refractivity (Wildman–Crippen MR) is 67.4 cm³/mol. The second-order valence-corrected chi connectivity index (χ2v) is 4.38. The molecule has 80 valence electrons. The first-order valence-electron chi connectivity index (χ1n) is 4.90. The largest absolute Gasteiger partial charge is 0.294 e. The van der Waals surface area contributed by atoms with E-state index in [1.54, 1.807) is 13.1 Å². The van der Waals surface area contributed by atoms with Gasteiger partial charge in [0, 0.05) is 21.8 Å². The zero-order valence-corrected chi connectivity index (χ0v) is 10.4. The summed E-state index contributed by atoms with van der Waals surface area (Å²) in [5.74, 6) is 0.0435. The van der Waals surface area contributed by atoms with Gasteiger partial charge >= 0.3 is 0 Å². The molecule has 0 bridgehead atoms. The number of pyridine rings is 1. The molecule has 1 aromatic heterocycles. The Morgan fingerprint density at radius 2 is 2.06 bits per heavy atom. The van der Waals surface area contributed by atoms with E-state index in [-0.39, 0.29) is 5.78 Å². The standard InChI is InChI=1S/C13H10BrNO/c1-9(16)12-8-10(14)5-6-11(12)13-4-2-3-7-15-13/h2-8H,1H3. The van der Waals surface area contributed by atoms with Crippen molar-refractivity contribution in [2.24, 2.45) is 0 Å². The van der Waals surface area contributed by atoms with Gasteiger partial charge in [0.1, 0.15) is 0 Å². The summed E-state index contributed by atoms with van der Waals surface area (Å²) in [6.07, 6.45) is 1.72. The summed E-state index contributed by atoms with van der Waals surface area (Å²) in [4.78, 5) is 15.8. The maximum absolute atomic E-state index is 11.5. The van der Waals surface area contributed by atoms with Crippen LogP contribution >= 0.6 is 15.9 Å². The number of aromatic nitrogens is 1. The Morgan fingerprint density at radius 3 is 2.69 bits per heavy atom. The summed E-state index contributed by atoms with van der Waals surface area (Å²) in [7, 11) is 0. The van der Waals surface area contributed by atoms with Crippen molar-refractivity contribution in [1.82, 2.24) is 4.98 Å². The number of carbonyl (C=O) groups is 1. The molecule has 2 rings (SSSR count). The van der Waals surface area contributed by atoms with Gasteiger partial charge in [0.25, 0.3) is 0 Å². The van der Waals surface area contributed by atoms with Crippen LogP contribution in [-0.4, -0.2) is 10.8 Å². The van der Waals surface area contributed by atoms with E-state index >= 15 is 0 Å². The lowest BCUT2D eigenvalue weighted by atomic mass is 10.0. The Hall–Kier alpha value is -1.48. The lowest BCUT2D eigenvalue weighted by Crippen LogP contribution is -1.97. The van der Waals surface area contributed by atoms with Crippen molar-refractivity contribution in [3.05, 3.63) is 52.6 Å². The number of hydrogen-bond acceptors (Lipinski definition) is 2. The molecule has 0 saturated carbocycles. The van der Waals surface area contributed by atoms with E-state index in [1.165, 1.54) is 0 Å². The normalized spacial score (nSPS) is 10.1. The highest BCUT2D eigenvalue weighted by atomic mass is 79.9. The second kappa shape index (κ2) is 4.58. The van der Waals surface area contributed by atoms with Gasteiger partial charge in [0.2, 0.25) is 0 Å². The molecule has 0 amide bonds. The molecular weight excluding hydrogens is 266 g/mol. The van der Waals surface area contributed by atoms with Gasteiger partial charge < -0.3 is 0 Å². The summed E-state index contributed by atoms with van der Waals surface area (Å²) >= 11 is 3.36. The van der Waals surface area contributed by atoms with Crippen molar-refractivity contribution in [3.8, 4) is 11.3 Å². The molecule has 1 heterocycles. The van der Waals surface area contributed by atoms with E-state index in [0.29, 0.717) is 5.56 Å². The quantitative estimate of drug-likeness (QED) is 0.782.